The highest BCUT2D eigenvalue weighted by Gasteiger charge is 2.00. The molecule has 1 atom stereocenters. The molecule has 0 saturated carbocycles. The molecule has 0 aliphatic heterocycles. The van der Waals surface area contributed by atoms with Gasteiger partial charge in [0.05, 0.1) is 0 Å². The van der Waals surface area contributed by atoms with Gasteiger partial charge >= 0.3 is 0 Å². The van der Waals surface area contributed by atoms with Gasteiger partial charge < -0.3 is 5.32 Å². The van der Waals surface area contributed by atoms with E-state index in [-0.39, 0.29) is 0 Å². The molecule has 0 aromatic rings. The lowest BCUT2D eigenvalue weighted by Gasteiger charge is -2.09. The van der Waals surface area contributed by atoms with Crippen LogP contribution in [-0.4, -0.2) is 13.6 Å². The van der Waals surface area contributed by atoms with Gasteiger partial charge in [-0.05, 0) is 65.5 Å². The zero-order chi connectivity index (χ0) is 15.2. The Morgan fingerprint density at radius 2 is 2.05 bits per heavy atom. The number of allylic oxidation sites excluding steroid dienone is 6. The lowest BCUT2D eigenvalue weighted by Crippen LogP contribution is -2.05. The van der Waals surface area contributed by atoms with Crippen molar-refractivity contribution in [2.24, 2.45) is 5.92 Å². The van der Waals surface area contributed by atoms with E-state index in [1.54, 1.807) is 0 Å². The fourth-order valence-electron chi connectivity index (χ4n) is 1.97. The van der Waals surface area contributed by atoms with Gasteiger partial charge in [0, 0.05) is 0 Å². The number of hydrogen-bond donors (Lipinski definition) is 1. The molecule has 114 valence electrons. The standard InChI is InChI=1S/C19H33N/c1-6-10-17(2)12-14-19(4)15-13-18(3)11-8-7-9-16-20-5/h6-8,10,13,19-20H,2,9,11-12,14-16H2,1,3-5H3/b8-7-,10-6+,18-13+. The minimum atomic E-state index is 0.736. The van der Waals surface area contributed by atoms with Crippen LogP contribution in [0.3, 0.4) is 0 Å². The molecule has 0 amide bonds. The Balaban J connectivity index is 3.84. The lowest BCUT2D eigenvalue weighted by atomic mass is 9.97. The van der Waals surface area contributed by atoms with E-state index in [9.17, 15) is 0 Å². The van der Waals surface area contributed by atoms with E-state index in [0.29, 0.717) is 0 Å². The first-order chi connectivity index (χ1) is 9.60. The first kappa shape index (κ1) is 18.9. The summed E-state index contributed by atoms with van der Waals surface area (Å²) in [6.07, 6.45) is 16.8. The van der Waals surface area contributed by atoms with Crippen molar-refractivity contribution >= 4 is 0 Å². The number of hydrogen-bond acceptors (Lipinski definition) is 1. The van der Waals surface area contributed by atoms with Crippen LogP contribution >= 0.6 is 0 Å². The molecule has 1 N–H and O–H groups in total. The normalized spacial score (nSPS) is 14.3. The molecule has 0 heterocycles. The molecule has 0 spiro atoms. The molecule has 0 aromatic carbocycles. The Hall–Kier alpha value is -1.08. The summed E-state index contributed by atoms with van der Waals surface area (Å²) >= 11 is 0. The van der Waals surface area contributed by atoms with Gasteiger partial charge in [0.15, 0.2) is 0 Å². The SMILES string of the molecule is C=C(/C=C/C)CCC(C)C/C=C(\C)C/C=C\CCNC. The van der Waals surface area contributed by atoms with Crippen LogP contribution in [0.4, 0.5) is 0 Å². The highest BCUT2D eigenvalue weighted by atomic mass is 14.8. The van der Waals surface area contributed by atoms with Crippen molar-refractivity contribution in [3.05, 3.63) is 48.1 Å². The van der Waals surface area contributed by atoms with Crippen molar-refractivity contribution in [3.63, 3.8) is 0 Å². The predicted octanol–water partition coefficient (Wildman–Crippen LogP) is 5.43. The average molecular weight is 275 g/mol. The Kier molecular flexibility index (Phi) is 12.2. The number of nitrogens with one attached hydrogen (secondary N) is 1. The molecule has 1 heteroatoms. The van der Waals surface area contributed by atoms with Crippen molar-refractivity contribution in [2.45, 2.75) is 52.9 Å². The Labute approximate surface area is 126 Å². The predicted molar refractivity (Wildman–Crippen MR) is 93.0 cm³/mol. The first-order valence-electron chi connectivity index (χ1n) is 7.85. The molecule has 0 aliphatic rings. The maximum absolute atomic E-state index is 4.06. The van der Waals surface area contributed by atoms with E-state index < -0.39 is 0 Å². The molecule has 0 radical (unpaired) electrons. The monoisotopic (exact) mass is 275 g/mol. The molecule has 0 fully saturated rings. The van der Waals surface area contributed by atoms with Gasteiger partial charge in [0.25, 0.3) is 0 Å². The molecular weight excluding hydrogens is 242 g/mol. The van der Waals surface area contributed by atoms with Gasteiger partial charge in [-0.25, -0.2) is 0 Å². The Morgan fingerprint density at radius 1 is 1.30 bits per heavy atom. The van der Waals surface area contributed by atoms with Crippen LogP contribution < -0.4 is 5.32 Å². The molecule has 1 unspecified atom stereocenters. The smallest absolute Gasteiger partial charge is 0.00173 e. The molecular formula is C19H33N. The maximum atomic E-state index is 4.06. The van der Waals surface area contributed by atoms with Crippen molar-refractivity contribution in [2.75, 3.05) is 13.6 Å². The van der Waals surface area contributed by atoms with Crippen LogP contribution in [0.15, 0.2) is 48.1 Å². The van der Waals surface area contributed by atoms with Crippen molar-refractivity contribution in [1.29, 1.82) is 0 Å². The van der Waals surface area contributed by atoms with Gasteiger partial charge in [-0.15, -0.1) is 0 Å². The molecule has 0 rings (SSSR count). The second-order valence-electron chi connectivity index (χ2n) is 5.66. The average Bonchev–Trinajstić information content (AvgIpc) is 2.43. The van der Waals surface area contributed by atoms with Crippen LogP contribution in [-0.2, 0) is 0 Å². The summed E-state index contributed by atoms with van der Waals surface area (Å²) in [5.74, 6) is 0.736. The molecule has 0 aromatic heterocycles. The third-order valence-corrected chi connectivity index (χ3v) is 3.40. The number of rotatable bonds is 11. The van der Waals surface area contributed by atoms with Gasteiger partial charge in [-0.1, -0.05) is 55.0 Å². The van der Waals surface area contributed by atoms with Gasteiger partial charge in [0.2, 0.25) is 0 Å². The second-order valence-corrected chi connectivity index (χ2v) is 5.66. The molecule has 20 heavy (non-hydrogen) atoms. The highest BCUT2D eigenvalue weighted by Crippen LogP contribution is 2.17. The van der Waals surface area contributed by atoms with E-state index >= 15 is 0 Å². The molecule has 0 bridgehead atoms. The topological polar surface area (TPSA) is 12.0 Å². The van der Waals surface area contributed by atoms with Gasteiger partial charge in [-0.2, -0.15) is 0 Å². The maximum Gasteiger partial charge on any atom is -0.00173 e. The third kappa shape index (κ3) is 12.0. The van der Waals surface area contributed by atoms with Crippen LogP contribution in [0, 0.1) is 5.92 Å². The van der Waals surface area contributed by atoms with Gasteiger partial charge in [0.1, 0.15) is 0 Å². The molecule has 0 saturated heterocycles. The van der Waals surface area contributed by atoms with Crippen LogP contribution in [0.25, 0.3) is 0 Å². The van der Waals surface area contributed by atoms with Crippen molar-refractivity contribution < 1.29 is 0 Å². The largest absolute Gasteiger partial charge is 0.319 e. The minimum absolute atomic E-state index is 0.736. The van der Waals surface area contributed by atoms with Crippen LogP contribution in [0.2, 0.25) is 0 Å². The fraction of sp³-hybridized carbons (Fsp3) is 0.579. The van der Waals surface area contributed by atoms with Crippen molar-refractivity contribution in [1.82, 2.24) is 5.32 Å². The zero-order valence-corrected chi connectivity index (χ0v) is 13.9. The molecule has 1 nitrogen and oxygen atoms in total. The van der Waals surface area contributed by atoms with E-state index in [2.05, 4.69) is 56.1 Å². The summed E-state index contributed by atoms with van der Waals surface area (Å²) in [6.45, 7) is 11.7. The van der Waals surface area contributed by atoms with E-state index in [1.807, 2.05) is 14.0 Å². The third-order valence-electron chi connectivity index (χ3n) is 3.40. The summed E-state index contributed by atoms with van der Waals surface area (Å²) in [5.41, 5.74) is 2.72. The van der Waals surface area contributed by atoms with Crippen LogP contribution in [0.1, 0.15) is 52.9 Å². The van der Waals surface area contributed by atoms with E-state index in [0.717, 1.165) is 31.7 Å². The summed E-state index contributed by atoms with van der Waals surface area (Å²) in [7, 11) is 1.99. The highest BCUT2D eigenvalue weighted by molar-refractivity contribution is 5.13. The fourth-order valence-corrected chi connectivity index (χ4v) is 1.97. The Morgan fingerprint density at radius 3 is 2.70 bits per heavy atom. The van der Waals surface area contributed by atoms with Crippen LogP contribution in [0.5, 0.6) is 0 Å². The lowest BCUT2D eigenvalue weighted by molar-refractivity contribution is 0.540. The van der Waals surface area contributed by atoms with E-state index in [1.165, 1.54) is 24.0 Å². The summed E-state index contributed by atoms with van der Waals surface area (Å²) in [6, 6.07) is 0. The van der Waals surface area contributed by atoms with Gasteiger partial charge in [-0.3, -0.25) is 0 Å². The second kappa shape index (κ2) is 12.9. The van der Waals surface area contributed by atoms with Crippen molar-refractivity contribution in [3.8, 4) is 0 Å². The minimum Gasteiger partial charge on any atom is -0.319 e. The van der Waals surface area contributed by atoms with E-state index in [4.69, 9.17) is 0 Å². The quantitative estimate of drug-likeness (QED) is 0.301. The summed E-state index contributed by atoms with van der Waals surface area (Å²) < 4.78 is 0. The summed E-state index contributed by atoms with van der Waals surface area (Å²) in [4.78, 5) is 0. The summed E-state index contributed by atoms with van der Waals surface area (Å²) in [5, 5.41) is 3.15. The zero-order valence-electron chi connectivity index (χ0n) is 13.9. The first-order valence-corrected chi connectivity index (χ1v) is 7.85. The Bertz CT molecular complexity index is 334. The molecule has 0 aliphatic carbocycles.